The van der Waals surface area contributed by atoms with Crippen LogP contribution >= 0.6 is 0 Å². The minimum Gasteiger partial charge on any atom is -0.492 e. The van der Waals surface area contributed by atoms with Gasteiger partial charge >= 0.3 is 18.2 Å². The fourth-order valence-electron chi connectivity index (χ4n) is 3.68. The predicted molar refractivity (Wildman–Crippen MR) is 131 cm³/mol. The molecular weight excluding hydrogens is 466 g/mol. The maximum absolute atomic E-state index is 12.9. The Morgan fingerprint density at radius 1 is 1.06 bits per heavy atom. The molecule has 2 aromatic rings. The van der Waals surface area contributed by atoms with Crippen molar-refractivity contribution in [2.24, 2.45) is 0 Å². The van der Waals surface area contributed by atoms with Crippen LogP contribution < -0.4 is 4.74 Å². The number of carbonyl (C=O) groups excluding carboxylic acids is 3. The van der Waals surface area contributed by atoms with Crippen LogP contribution in [0.1, 0.15) is 43.1 Å². The normalized spacial score (nSPS) is 15.7. The number of carbonyl (C=O) groups is 3. The molecule has 0 bridgehead atoms. The number of aromatic nitrogens is 1. The molecular formula is C26H33N3O7. The number of amides is 2. The molecule has 0 unspecified atom stereocenters. The first-order valence-corrected chi connectivity index (χ1v) is 11.8. The van der Waals surface area contributed by atoms with Crippen molar-refractivity contribution >= 4 is 18.2 Å². The Morgan fingerprint density at radius 2 is 1.81 bits per heavy atom. The van der Waals surface area contributed by atoms with E-state index in [4.69, 9.17) is 18.9 Å². The number of benzene rings is 1. The van der Waals surface area contributed by atoms with E-state index in [1.165, 1.54) is 19.5 Å². The third kappa shape index (κ3) is 7.86. The first-order chi connectivity index (χ1) is 17.2. The molecule has 0 spiro atoms. The molecule has 194 valence electrons. The molecule has 1 aromatic carbocycles. The summed E-state index contributed by atoms with van der Waals surface area (Å²) in [6.45, 7) is 6.72. The third-order valence-corrected chi connectivity index (χ3v) is 5.43. The van der Waals surface area contributed by atoms with Gasteiger partial charge in [-0.15, -0.1) is 0 Å². The maximum atomic E-state index is 12.9. The van der Waals surface area contributed by atoms with E-state index in [1.54, 1.807) is 15.9 Å². The molecule has 1 aromatic heterocycles. The van der Waals surface area contributed by atoms with Crippen LogP contribution in [-0.2, 0) is 20.8 Å². The lowest BCUT2D eigenvalue weighted by Crippen LogP contribution is -2.57. The Labute approximate surface area is 211 Å². The van der Waals surface area contributed by atoms with Crippen LogP contribution in [0.15, 0.2) is 48.8 Å². The number of methoxy groups -OCH3 is 1. The van der Waals surface area contributed by atoms with E-state index in [0.717, 1.165) is 5.56 Å². The standard InChI is InChI=1S/C26H33N3O7/c1-26(2,3)36-25(32)29-12-11-28(24(31)35-18-19-8-6-5-7-9-19)17-21(29)10-13-34-22-14-20(15-27-16-22)23(30)33-4/h5-9,14-16,21H,10-13,17-18H2,1-4H3/t21-/m1/s1. The lowest BCUT2D eigenvalue weighted by atomic mass is 10.1. The van der Waals surface area contributed by atoms with Gasteiger partial charge in [-0.2, -0.15) is 0 Å². The summed E-state index contributed by atoms with van der Waals surface area (Å²) in [6.07, 6.45) is 2.42. The summed E-state index contributed by atoms with van der Waals surface area (Å²) < 4.78 is 21.6. The highest BCUT2D eigenvalue weighted by molar-refractivity contribution is 5.89. The molecule has 1 atom stereocenters. The largest absolute Gasteiger partial charge is 0.492 e. The highest BCUT2D eigenvalue weighted by Gasteiger charge is 2.35. The van der Waals surface area contributed by atoms with Crippen LogP contribution in [0.25, 0.3) is 0 Å². The Hall–Kier alpha value is -3.82. The maximum Gasteiger partial charge on any atom is 0.410 e. The zero-order valence-electron chi connectivity index (χ0n) is 21.1. The van der Waals surface area contributed by atoms with E-state index >= 15 is 0 Å². The van der Waals surface area contributed by atoms with Gasteiger partial charge < -0.3 is 28.7 Å². The highest BCUT2D eigenvalue weighted by Crippen LogP contribution is 2.20. The molecule has 10 heteroatoms. The van der Waals surface area contributed by atoms with Crippen molar-refractivity contribution in [3.05, 3.63) is 59.9 Å². The molecule has 1 saturated heterocycles. The summed E-state index contributed by atoms with van der Waals surface area (Å²) in [5.74, 6) is -0.113. The summed E-state index contributed by atoms with van der Waals surface area (Å²) in [5.41, 5.74) is 0.519. The number of rotatable bonds is 7. The summed E-state index contributed by atoms with van der Waals surface area (Å²) >= 11 is 0. The number of hydrogen-bond donors (Lipinski definition) is 0. The highest BCUT2D eigenvalue weighted by atomic mass is 16.6. The minimum absolute atomic E-state index is 0.170. The second-order valence-corrected chi connectivity index (χ2v) is 9.35. The molecule has 0 aliphatic carbocycles. The van der Waals surface area contributed by atoms with Crippen LogP contribution in [0.4, 0.5) is 9.59 Å². The van der Waals surface area contributed by atoms with Gasteiger partial charge in [-0.3, -0.25) is 4.98 Å². The molecule has 10 nitrogen and oxygen atoms in total. The summed E-state index contributed by atoms with van der Waals surface area (Å²) in [7, 11) is 1.29. The van der Waals surface area contributed by atoms with Crippen molar-refractivity contribution in [3.63, 3.8) is 0 Å². The summed E-state index contributed by atoms with van der Waals surface area (Å²) in [4.78, 5) is 44.6. The zero-order chi connectivity index (χ0) is 26.1. The van der Waals surface area contributed by atoms with Crippen LogP contribution in [0, 0.1) is 0 Å². The van der Waals surface area contributed by atoms with Crippen molar-refractivity contribution in [1.82, 2.24) is 14.8 Å². The second-order valence-electron chi connectivity index (χ2n) is 9.35. The first-order valence-electron chi connectivity index (χ1n) is 11.8. The zero-order valence-corrected chi connectivity index (χ0v) is 21.1. The number of esters is 1. The van der Waals surface area contributed by atoms with Crippen molar-refractivity contribution in [2.45, 2.75) is 45.4 Å². The molecule has 2 heterocycles. The van der Waals surface area contributed by atoms with Gasteiger partial charge in [0.25, 0.3) is 0 Å². The molecule has 0 saturated carbocycles. The average molecular weight is 500 g/mol. The van der Waals surface area contributed by atoms with Crippen LogP contribution in [0.2, 0.25) is 0 Å². The van der Waals surface area contributed by atoms with E-state index < -0.39 is 23.8 Å². The topological polar surface area (TPSA) is 108 Å². The summed E-state index contributed by atoms with van der Waals surface area (Å²) in [6, 6.07) is 10.6. The van der Waals surface area contributed by atoms with E-state index in [-0.39, 0.29) is 31.4 Å². The molecule has 2 amide bonds. The average Bonchev–Trinajstić information content (AvgIpc) is 2.86. The van der Waals surface area contributed by atoms with Crippen molar-refractivity contribution in [3.8, 4) is 5.75 Å². The Morgan fingerprint density at radius 3 is 2.50 bits per heavy atom. The van der Waals surface area contributed by atoms with Crippen LogP contribution in [0.5, 0.6) is 5.75 Å². The van der Waals surface area contributed by atoms with Gasteiger partial charge in [-0.05, 0) is 32.4 Å². The van der Waals surface area contributed by atoms with Gasteiger partial charge in [0, 0.05) is 32.3 Å². The lowest BCUT2D eigenvalue weighted by Gasteiger charge is -2.41. The number of ether oxygens (including phenoxy) is 4. The molecule has 0 N–H and O–H groups in total. The fraction of sp³-hybridized carbons (Fsp3) is 0.462. The third-order valence-electron chi connectivity index (χ3n) is 5.43. The minimum atomic E-state index is -0.649. The monoisotopic (exact) mass is 499 g/mol. The van der Waals surface area contributed by atoms with Gasteiger partial charge in [0.2, 0.25) is 0 Å². The van der Waals surface area contributed by atoms with E-state index in [9.17, 15) is 14.4 Å². The number of hydrogen-bond acceptors (Lipinski definition) is 8. The van der Waals surface area contributed by atoms with Crippen LogP contribution in [-0.4, -0.2) is 77.9 Å². The van der Waals surface area contributed by atoms with Gasteiger partial charge in [0.15, 0.2) is 0 Å². The quantitative estimate of drug-likeness (QED) is 0.417. The molecule has 36 heavy (non-hydrogen) atoms. The van der Waals surface area contributed by atoms with Gasteiger partial charge in [0.1, 0.15) is 18.0 Å². The molecule has 0 radical (unpaired) electrons. The number of nitrogens with zero attached hydrogens (tertiary/aromatic N) is 3. The Kier molecular flexibility index (Phi) is 9.10. The first kappa shape index (κ1) is 26.8. The number of piperazine rings is 1. The van der Waals surface area contributed by atoms with Crippen molar-refractivity contribution in [1.29, 1.82) is 0 Å². The van der Waals surface area contributed by atoms with E-state index in [0.29, 0.717) is 25.3 Å². The number of pyridine rings is 1. The molecule has 3 rings (SSSR count). The van der Waals surface area contributed by atoms with Gasteiger partial charge in [-0.25, -0.2) is 14.4 Å². The van der Waals surface area contributed by atoms with Crippen molar-refractivity contribution in [2.75, 3.05) is 33.4 Å². The molecule has 1 aliphatic heterocycles. The summed E-state index contributed by atoms with van der Waals surface area (Å²) in [5, 5.41) is 0. The lowest BCUT2D eigenvalue weighted by molar-refractivity contribution is -0.00616. The van der Waals surface area contributed by atoms with E-state index in [2.05, 4.69) is 4.98 Å². The fourth-order valence-corrected chi connectivity index (χ4v) is 3.68. The van der Waals surface area contributed by atoms with Gasteiger partial charge in [0.05, 0.1) is 31.5 Å². The predicted octanol–water partition coefficient (Wildman–Crippen LogP) is 3.90. The molecule has 1 fully saturated rings. The van der Waals surface area contributed by atoms with Gasteiger partial charge in [-0.1, -0.05) is 30.3 Å². The van der Waals surface area contributed by atoms with E-state index in [1.807, 2.05) is 51.1 Å². The Balaban J connectivity index is 1.63. The van der Waals surface area contributed by atoms with Crippen molar-refractivity contribution < 1.29 is 33.3 Å². The SMILES string of the molecule is COC(=O)c1cncc(OCC[C@@H]2CN(C(=O)OCc3ccccc3)CCN2C(=O)OC(C)(C)C)c1. The van der Waals surface area contributed by atoms with Crippen LogP contribution in [0.3, 0.4) is 0 Å². The smallest absolute Gasteiger partial charge is 0.410 e. The second kappa shape index (κ2) is 12.2. The Bertz CT molecular complexity index is 1040. The molecule has 1 aliphatic rings.